The van der Waals surface area contributed by atoms with Crippen molar-refractivity contribution in [3.8, 4) is 23.3 Å². The van der Waals surface area contributed by atoms with Crippen LogP contribution in [0.1, 0.15) is 21.5 Å². The van der Waals surface area contributed by atoms with Crippen molar-refractivity contribution < 1.29 is 14.3 Å². The number of aryl methyl sites for hydroxylation is 1. The van der Waals surface area contributed by atoms with Gasteiger partial charge in [-0.3, -0.25) is 4.79 Å². The summed E-state index contributed by atoms with van der Waals surface area (Å²) in [6.07, 6.45) is 0.744. The second-order valence-corrected chi connectivity index (χ2v) is 4.27. The first-order chi connectivity index (χ1) is 9.66. The summed E-state index contributed by atoms with van der Waals surface area (Å²) in [5, 5.41) is 8.97. The van der Waals surface area contributed by atoms with Crippen molar-refractivity contribution in [1.82, 2.24) is 0 Å². The third-order valence-corrected chi connectivity index (χ3v) is 2.76. The smallest absolute Gasteiger partial charge is 0.153 e. The Balaban J connectivity index is 2.39. The molecule has 2 rings (SSSR count). The van der Waals surface area contributed by atoms with Crippen molar-refractivity contribution in [2.75, 3.05) is 7.11 Å². The van der Waals surface area contributed by atoms with Crippen LogP contribution in [0.4, 0.5) is 0 Å². The lowest BCUT2D eigenvalue weighted by Gasteiger charge is -2.10. The lowest BCUT2D eigenvalue weighted by atomic mass is 10.1. The molecule has 0 N–H and O–H groups in total. The van der Waals surface area contributed by atoms with Crippen LogP contribution in [0.5, 0.6) is 17.2 Å². The van der Waals surface area contributed by atoms with Gasteiger partial charge in [0.05, 0.1) is 24.3 Å². The van der Waals surface area contributed by atoms with Crippen LogP contribution in [0, 0.1) is 18.3 Å². The number of benzene rings is 2. The van der Waals surface area contributed by atoms with E-state index < -0.39 is 0 Å². The first-order valence-electron chi connectivity index (χ1n) is 5.99. The van der Waals surface area contributed by atoms with Gasteiger partial charge in [-0.05, 0) is 31.2 Å². The molecule has 0 aliphatic carbocycles. The van der Waals surface area contributed by atoms with Crippen LogP contribution in [0.15, 0.2) is 36.4 Å². The van der Waals surface area contributed by atoms with E-state index in [9.17, 15) is 4.79 Å². The number of nitriles is 1. The lowest BCUT2D eigenvalue weighted by Crippen LogP contribution is -1.93. The van der Waals surface area contributed by atoms with Gasteiger partial charge in [-0.2, -0.15) is 5.26 Å². The van der Waals surface area contributed by atoms with E-state index in [2.05, 4.69) is 0 Å². The number of methoxy groups -OCH3 is 1. The number of aldehydes is 1. The Kier molecular flexibility index (Phi) is 4.02. The van der Waals surface area contributed by atoms with E-state index in [0.717, 1.165) is 11.8 Å². The Morgan fingerprint density at radius 3 is 2.55 bits per heavy atom. The molecule has 4 nitrogen and oxygen atoms in total. The molecule has 2 aromatic carbocycles. The standard InChI is InChI=1S/C16H13NO3/c1-11-3-4-16(13(5-11)10-18)20-15-7-12(9-17)6-14(8-15)19-2/h3-8,10H,1-2H3. The van der Waals surface area contributed by atoms with Crippen LogP contribution in [-0.4, -0.2) is 13.4 Å². The van der Waals surface area contributed by atoms with Gasteiger partial charge in [-0.1, -0.05) is 11.6 Å². The fourth-order valence-electron chi connectivity index (χ4n) is 1.79. The van der Waals surface area contributed by atoms with Crippen LogP contribution in [0.25, 0.3) is 0 Å². The highest BCUT2D eigenvalue weighted by Crippen LogP contribution is 2.29. The molecule has 0 unspecified atom stereocenters. The summed E-state index contributed by atoms with van der Waals surface area (Å²) in [6.45, 7) is 1.90. The van der Waals surface area contributed by atoms with Gasteiger partial charge in [0.1, 0.15) is 17.2 Å². The normalized spacial score (nSPS) is 9.65. The maximum Gasteiger partial charge on any atom is 0.153 e. The zero-order valence-corrected chi connectivity index (χ0v) is 11.2. The predicted molar refractivity (Wildman–Crippen MR) is 74.3 cm³/mol. The maximum absolute atomic E-state index is 11.1. The van der Waals surface area contributed by atoms with Crippen molar-refractivity contribution in [3.05, 3.63) is 53.1 Å². The van der Waals surface area contributed by atoms with Gasteiger partial charge in [0.25, 0.3) is 0 Å². The van der Waals surface area contributed by atoms with Gasteiger partial charge in [0.15, 0.2) is 6.29 Å². The topological polar surface area (TPSA) is 59.3 Å². The van der Waals surface area contributed by atoms with Crippen molar-refractivity contribution >= 4 is 6.29 Å². The minimum atomic E-state index is 0.430. The summed E-state index contributed by atoms with van der Waals surface area (Å²) in [5.74, 6) is 1.43. The van der Waals surface area contributed by atoms with E-state index in [1.807, 2.05) is 19.1 Å². The van der Waals surface area contributed by atoms with Gasteiger partial charge in [0.2, 0.25) is 0 Å². The predicted octanol–water partition coefficient (Wildman–Crippen LogP) is 3.48. The second kappa shape index (κ2) is 5.89. The Hall–Kier alpha value is -2.80. The Morgan fingerprint density at radius 2 is 1.90 bits per heavy atom. The molecule has 0 atom stereocenters. The SMILES string of the molecule is COc1cc(C#N)cc(Oc2ccc(C)cc2C=O)c1. The van der Waals surface area contributed by atoms with Crippen LogP contribution in [0.2, 0.25) is 0 Å². The third kappa shape index (κ3) is 2.96. The summed E-state index contributed by atoms with van der Waals surface area (Å²) < 4.78 is 10.8. The third-order valence-electron chi connectivity index (χ3n) is 2.76. The van der Waals surface area contributed by atoms with Crippen LogP contribution >= 0.6 is 0 Å². The number of rotatable bonds is 4. The molecule has 0 spiro atoms. The van der Waals surface area contributed by atoms with E-state index in [4.69, 9.17) is 14.7 Å². The van der Waals surface area contributed by atoms with Gasteiger partial charge in [0, 0.05) is 6.07 Å². The zero-order valence-electron chi connectivity index (χ0n) is 11.2. The molecular weight excluding hydrogens is 254 g/mol. The van der Waals surface area contributed by atoms with Crippen molar-refractivity contribution in [3.63, 3.8) is 0 Å². The minimum absolute atomic E-state index is 0.430. The Labute approximate surface area is 117 Å². The molecule has 0 saturated heterocycles. The molecule has 4 heteroatoms. The van der Waals surface area contributed by atoms with Crippen LogP contribution in [-0.2, 0) is 0 Å². The molecule has 0 fully saturated rings. The molecule has 0 radical (unpaired) electrons. The van der Waals surface area contributed by atoms with Crippen molar-refractivity contribution in [2.24, 2.45) is 0 Å². The average molecular weight is 267 g/mol. The fourth-order valence-corrected chi connectivity index (χ4v) is 1.79. The van der Waals surface area contributed by atoms with E-state index >= 15 is 0 Å². The number of carbonyl (C=O) groups is 1. The molecule has 20 heavy (non-hydrogen) atoms. The highest BCUT2D eigenvalue weighted by Gasteiger charge is 2.07. The highest BCUT2D eigenvalue weighted by molar-refractivity contribution is 5.79. The Bertz CT molecular complexity index is 687. The average Bonchev–Trinajstić information content (AvgIpc) is 2.48. The maximum atomic E-state index is 11.1. The Morgan fingerprint density at radius 1 is 1.15 bits per heavy atom. The molecule has 0 saturated carbocycles. The molecule has 0 aliphatic rings. The van der Waals surface area contributed by atoms with E-state index in [1.54, 1.807) is 30.3 Å². The molecule has 0 aliphatic heterocycles. The molecule has 0 amide bonds. The number of carbonyl (C=O) groups excluding carboxylic acids is 1. The van der Waals surface area contributed by atoms with Gasteiger partial charge in [-0.15, -0.1) is 0 Å². The zero-order chi connectivity index (χ0) is 14.5. The van der Waals surface area contributed by atoms with E-state index in [1.165, 1.54) is 7.11 Å². The molecule has 100 valence electrons. The first kappa shape index (κ1) is 13.6. The van der Waals surface area contributed by atoms with Crippen LogP contribution < -0.4 is 9.47 Å². The number of nitrogens with zero attached hydrogens (tertiary/aromatic N) is 1. The largest absolute Gasteiger partial charge is 0.497 e. The monoisotopic (exact) mass is 267 g/mol. The van der Waals surface area contributed by atoms with E-state index in [-0.39, 0.29) is 0 Å². The molecule has 0 aromatic heterocycles. The van der Waals surface area contributed by atoms with Gasteiger partial charge in [-0.25, -0.2) is 0 Å². The van der Waals surface area contributed by atoms with E-state index in [0.29, 0.717) is 28.4 Å². The first-order valence-corrected chi connectivity index (χ1v) is 5.99. The van der Waals surface area contributed by atoms with Crippen LogP contribution in [0.3, 0.4) is 0 Å². The molecular formula is C16H13NO3. The fraction of sp³-hybridized carbons (Fsp3) is 0.125. The van der Waals surface area contributed by atoms with Gasteiger partial charge >= 0.3 is 0 Å². The summed E-state index contributed by atoms with van der Waals surface area (Å²) in [6, 6.07) is 12.2. The molecule has 0 heterocycles. The molecule has 2 aromatic rings. The van der Waals surface area contributed by atoms with Gasteiger partial charge < -0.3 is 9.47 Å². The lowest BCUT2D eigenvalue weighted by molar-refractivity contribution is 0.112. The second-order valence-electron chi connectivity index (χ2n) is 4.27. The summed E-state index contributed by atoms with van der Waals surface area (Å²) in [4.78, 5) is 11.1. The highest BCUT2D eigenvalue weighted by atomic mass is 16.5. The summed E-state index contributed by atoms with van der Waals surface area (Å²) in [5.41, 5.74) is 1.87. The summed E-state index contributed by atoms with van der Waals surface area (Å²) >= 11 is 0. The summed E-state index contributed by atoms with van der Waals surface area (Å²) in [7, 11) is 1.52. The number of hydrogen-bond acceptors (Lipinski definition) is 4. The number of hydrogen-bond donors (Lipinski definition) is 0. The molecule has 0 bridgehead atoms. The van der Waals surface area contributed by atoms with Crippen molar-refractivity contribution in [2.45, 2.75) is 6.92 Å². The quantitative estimate of drug-likeness (QED) is 0.796. The van der Waals surface area contributed by atoms with Crippen molar-refractivity contribution in [1.29, 1.82) is 5.26 Å². The number of ether oxygens (including phenoxy) is 2. The minimum Gasteiger partial charge on any atom is -0.497 e.